The Bertz CT molecular complexity index is 800. The van der Waals surface area contributed by atoms with Crippen LogP contribution >= 0.6 is 0 Å². The Balaban J connectivity index is 2.65. The number of nitrogens with one attached hydrogen (secondary N) is 1. The standard InChI is InChI=1S/C20H22F3NO2/c1-4-24-11-16-7-12(2)5-6-18(16)15-8-14(13(3)19(25)26)9-17(10-15)20(21,22)23/h5-10,13,24H,4,11H2,1-3H3,(H,25,26)/t13-/m0/s1. The van der Waals surface area contributed by atoms with Crippen molar-refractivity contribution in [2.75, 3.05) is 6.54 Å². The Hall–Kier alpha value is -2.34. The van der Waals surface area contributed by atoms with Gasteiger partial charge in [0, 0.05) is 6.54 Å². The molecule has 0 aliphatic carbocycles. The molecule has 3 nitrogen and oxygen atoms in total. The van der Waals surface area contributed by atoms with Crippen molar-refractivity contribution in [2.24, 2.45) is 0 Å². The lowest BCUT2D eigenvalue weighted by molar-refractivity contribution is -0.139. The first-order valence-corrected chi connectivity index (χ1v) is 8.39. The number of carboxylic acid groups (broad SMARTS) is 1. The SMILES string of the molecule is CCNCc1cc(C)ccc1-c1cc([C@H](C)C(=O)O)cc(C(F)(F)F)c1. The van der Waals surface area contributed by atoms with E-state index in [9.17, 15) is 23.1 Å². The van der Waals surface area contributed by atoms with Crippen molar-refractivity contribution >= 4 is 5.97 Å². The summed E-state index contributed by atoms with van der Waals surface area (Å²) in [7, 11) is 0. The number of aliphatic carboxylic acids is 1. The van der Waals surface area contributed by atoms with Crippen LogP contribution in [-0.4, -0.2) is 17.6 Å². The molecule has 0 heterocycles. The molecule has 0 fully saturated rings. The lowest BCUT2D eigenvalue weighted by Gasteiger charge is -2.17. The second kappa shape index (κ2) is 7.91. The Labute approximate surface area is 150 Å². The zero-order valence-corrected chi connectivity index (χ0v) is 14.9. The van der Waals surface area contributed by atoms with Crippen molar-refractivity contribution in [2.45, 2.75) is 39.4 Å². The zero-order valence-electron chi connectivity index (χ0n) is 14.9. The minimum atomic E-state index is -4.55. The molecule has 0 radical (unpaired) electrons. The molecule has 2 N–H and O–H groups in total. The summed E-state index contributed by atoms with van der Waals surface area (Å²) < 4.78 is 40.0. The van der Waals surface area contributed by atoms with Crippen LogP contribution in [0.3, 0.4) is 0 Å². The third-order valence-electron chi connectivity index (χ3n) is 4.29. The molecule has 140 valence electrons. The van der Waals surface area contributed by atoms with Gasteiger partial charge < -0.3 is 10.4 Å². The fourth-order valence-electron chi connectivity index (χ4n) is 2.77. The molecule has 2 aromatic carbocycles. The quantitative estimate of drug-likeness (QED) is 0.759. The molecule has 0 aromatic heterocycles. The van der Waals surface area contributed by atoms with Gasteiger partial charge in [-0.3, -0.25) is 4.79 Å². The minimum Gasteiger partial charge on any atom is -0.481 e. The molecule has 6 heteroatoms. The van der Waals surface area contributed by atoms with Crippen molar-refractivity contribution in [1.82, 2.24) is 5.32 Å². The highest BCUT2D eigenvalue weighted by atomic mass is 19.4. The van der Waals surface area contributed by atoms with E-state index in [2.05, 4.69) is 5.32 Å². The topological polar surface area (TPSA) is 49.3 Å². The van der Waals surface area contributed by atoms with Crippen LogP contribution in [-0.2, 0) is 17.5 Å². The number of rotatable bonds is 6. The molecule has 0 saturated carbocycles. The van der Waals surface area contributed by atoms with Crippen LogP contribution in [0.4, 0.5) is 13.2 Å². The molecular weight excluding hydrogens is 343 g/mol. The first-order chi connectivity index (χ1) is 12.1. The molecule has 0 aliphatic rings. The number of aryl methyl sites for hydroxylation is 1. The summed E-state index contributed by atoms with van der Waals surface area (Å²) in [4.78, 5) is 11.3. The molecule has 0 bridgehead atoms. The fourth-order valence-corrected chi connectivity index (χ4v) is 2.77. The number of alkyl halides is 3. The maximum Gasteiger partial charge on any atom is 0.416 e. The highest BCUT2D eigenvalue weighted by Gasteiger charge is 2.32. The van der Waals surface area contributed by atoms with E-state index in [-0.39, 0.29) is 5.56 Å². The Morgan fingerprint density at radius 3 is 2.46 bits per heavy atom. The highest BCUT2D eigenvalue weighted by Crippen LogP contribution is 2.36. The molecular formula is C20H22F3NO2. The van der Waals surface area contributed by atoms with Gasteiger partial charge in [-0.25, -0.2) is 0 Å². The summed E-state index contributed by atoms with van der Waals surface area (Å²) in [6.45, 7) is 6.51. The number of hydrogen-bond acceptors (Lipinski definition) is 2. The summed E-state index contributed by atoms with van der Waals surface area (Å²) in [6.07, 6.45) is -4.55. The molecule has 0 saturated heterocycles. The molecule has 0 aliphatic heterocycles. The first-order valence-electron chi connectivity index (χ1n) is 8.39. The summed E-state index contributed by atoms with van der Waals surface area (Å²) in [6, 6.07) is 9.09. The van der Waals surface area contributed by atoms with E-state index >= 15 is 0 Å². The van der Waals surface area contributed by atoms with Gasteiger partial charge in [0.1, 0.15) is 0 Å². The first kappa shape index (κ1) is 20.0. The van der Waals surface area contributed by atoms with E-state index in [1.165, 1.54) is 13.0 Å². The largest absolute Gasteiger partial charge is 0.481 e. The van der Waals surface area contributed by atoms with E-state index in [1.807, 2.05) is 26.0 Å². The van der Waals surface area contributed by atoms with Crippen LogP contribution in [0, 0.1) is 6.92 Å². The number of carboxylic acids is 1. The van der Waals surface area contributed by atoms with Gasteiger partial charge in [-0.2, -0.15) is 13.2 Å². The summed E-state index contributed by atoms with van der Waals surface area (Å²) in [5.74, 6) is -2.19. The normalized spacial score (nSPS) is 12.8. The van der Waals surface area contributed by atoms with Crippen molar-refractivity contribution in [3.05, 3.63) is 58.7 Å². The Morgan fingerprint density at radius 2 is 1.88 bits per heavy atom. The zero-order chi connectivity index (χ0) is 19.5. The van der Waals surface area contributed by atoms with Crippen molar-refractivity contribution in [3.8, 4) is 11.1 Å². The van der Waals surface area contributed by atoms with Gasteiger partial charge in [-0.05, 0) is 54.8 Å². The van der Waals surface area contributed by atoms with Crippen molar-refractivity contribution < 1.29 is 23.1 Å². The smallest absolute Gasteiger partial charge is 0.416 e. The number of hydrogen-bond donors (Lipinski definition) is 2. The van der Waals surface area contributed by atoms with Gasteiger partial charge in [0.25, 0.3) is 0 Å². The molecule has 2 aromatic rings. The van der Waals surface area contributed by atoms with Crippen molar-refractivity contribution in [1.29, 1.82) is 0 Å². The molecule has 0 amide bonds. The predicted molar refractivity (Wildman–Crippen MR) is 95.0 cm³/mol. The van der Waals surface area contributed by atoms with Crippen LogP contribution in [0.2, 0.25) is 0 Å². The molecule has 1 atom stereocenters. The van der Waals surface area contributed by atoms with E-state index < -0.39 is 23.6 Å². The van der Waals surface area contributed by atoms with Gasteiger partial charge in [0.2, 0.25) is 0 Å². The van der Waals surface area contributed by atoms with Crippen molar-refractivity contribution in [3.63, 3.8) is 0 Å². The van der Waals surface area contributed by atoms with E-state index in [0.717, 1.165) is 29.8 Å². The Kier molecular flexibility index (Phi) is 6.08. The van der Waals surface area contributed by atoms with E-state index in [1.54, 1.807) is 6.07 Å². The maximum absolute atomic E-state index is 13.3. The summed E-state index contributed by atoms with van der Waals surface area (Å²) in [5.41, 5.74) is 2.22. The Morgan fingerprint density at radius 1 is 1.19 bits per heavy atom. The molecule has 0 unspecified atom stereocenters. The minimum absolute atomic E-state index is 0.136. The highest BCUT2D eigenvalue weighted by molar-refractivity contribution is 5.77. The molecule has 26 heavy (non-hydrogen) atoms. The number of benzene rings is 2. The average Bonchev–Trinajstić information content (AvgIpc) is 2.58. The summed E-state index contributed by atoms with van der Waals surface area (Å²) >= 11 is 0. The predicted octanol–water partition coefficient (Wildman–Crippen LogP) is 4.98. The number of halogens is 3. The lowest BCUT2D eigenvalue weighted by atomic mass is 9.91. The van der Waals surface area contributed by atoms with E-state index in [0.29, 0.717) is 17.7 Å². The third-order valence-corrected chi connectivity index (χ3v) is 4.29. The van der Waals surface area contributed by atoms with Gasteiger partial charge in [0.15, 0.2) is 0 Å². The number of carbonyl (C=O) groups is 1. The van der Waals surface area contributed by atoms with Crippen LogP contribution in [0.5, 0.6) is 0 Å². The van der Waals surface area contributed by atoms with Gasteiger partial charge >= 0.3 is 12.1 Å². The van der Waals surface area contributed by atoms with Crippen LogP contribution in [0.25, 0.3) is 11.1 Å². The van der Waals surface area contributed by atoms with Gasteiger partial charge in [0.05, 0.1) is 11.5 Å². The average molecular weight is 365 g/mol. The maximum atomic E-state index is 13.3. The van der Waals surface area contributed by atoms with Gasteiger partial charge in [-0.1, -0.05) is 36.8 Å². The van der Waals surface area contributed by atoms with E-state index in [4.69, 9.17) is 0 Å². The fraction of sp³-hybridized carbons (Fsp3) is 0.350. The van der Waals surface area contributed by atoms with Crippen LogP contribution in [0.15, 0.2) is 36.4 Å². The van der Waals surface area contributed by atoms with Crippen LogP contribution < -0.4 is 5.32 Å². The molecule has 2 rings (SSSR count). The van der Waals surface area contributed by atoms with Gasteiger partial charge in [-0.15, -0.1) is 0 Å². The lowest BCUT2D eigenvalue weighted by Crippen LogP contribution is -2.13. The molecule has 0 spiro atoms. The second-order valence-corrected chi connectivity index (χ2v) is 6.34. The third kappa shape index (κ3) is 4.64. The summed E-state index contributed by atoms with van der Waals surface area (Å²) in [5, 5.41) is 12.4. The second-order valence-electron chi connectivity index (χ2n) is 6.34. The monoisotopic (exact) mass is 365 g/mol. The van der Waals surface area contributed by atoms with Crippen LogP contribution in [0.1, 0.15) is 42.0 Å².